The van der Waals surface area contributed by atoms with Gasteiger partial charge in [-0.15, -0.1) is 0 Å². The molecular formula is C29H32N4O2. The van der Waals surface area contributed by atoms with Gasteiger partial charge in [0.15, 0.2) is 5.78 Å². The van der Waals surface area contributed by atoms with Crippen LogP contribution in [0.3, 0.4) is 0 Å². The highest BCUT2D eigenvalue weighted by atomic mass is 16.5. The first kappa shape index (κ1) is 21.2. The number of para-hydroxylation sites is 1. The fraction of sp³-hybridized carbons (Fsp3) is 0.448. The summed E-state index contributed by atoms with van der Waals surface area (Å²) in [6, 6.07) is 12.9. The van der Waals surface area contributed by atoms with Gasteiger partial charge < -0.3 is 15.0 Å². The summed E-state index contributed by atoms with van der Waals surface area (Å²) in [5, 5.41) is 6.28. The van der Waals surface area contributed by atoms with Crippen LogP contribution in [0.15, 0.2) is 42.6 Å². The van der Waals surface area contributed by atoms with E-state index in [9.17, 15) is 4.79 Å². The van der Waals surface area contributed by atoms with Crippen LogP contribution in [0.25, 0.3) is 27.8 Å². The number of ketones is 1. The third-order valence-corrected chi connectivity index (χ3v) is 8.94. The molecule has 0 spiro atoms. The van der Waals surface area contributed by atoms with Crippen molar-refractivity contribution < 1.29 is 9.53 Å². The van der Waals surface area contributed by atoms with Crippen molar-refractivity contribution in [1.29, 1.82) is 0 Å². The average Bonchev–Trinajstić information content (AvgIpc) is 3.27. The zero-order valence-corrected chi connectivity index (χ0v) is 20.4. The summed E-state index contributed by atoms with van der Waals surface area (Å²) in [4.78, 5) is 13.6. The maximum Gasteiger partial charge on any atom is 0.167 e. The van der Waals surface area contributed by atoms with Gasteiger partial charge in [0.1, 0.15) is 17.0 Å². The molecule has 0 amide bonds. The molecule has 3 saturated carbocycles. The van der Waals surface area contributed by atoms with Crippen molar-refractivity contribution in [1.82, 2.24) is 14.2 Å². The third-order valence-electron chi connectivity index (χ3n) is 8.94. The van der Waals surface area contributed by atoms with Gasteiger partial charge in [-0.2, -0.15) is 5.10 Å². The first-order valence-electron chi connectivity index (χ1n) is 13.0. The maximum atomic E-state index is 13.6. The number of aromatic nitrogens is 3. The van der Waals surface area contributed by atoms with Gasteiger partial charge in [0.25, 0.3) is 0 Å². The Labute approximate surface area is 205 Å². The monoisotopic (exact) mass is 468 g/mol. The number of carbonyl (C=O) groups is 1. The molecule has 2 bridgehead atoms. The zero-order chi connectivity index (χ0) is 23.8. The van der Waals surface area contributed by atoms with Crippen molar-refractivity contribution >= 4 is 22.2 Å². The lowest BCUT2D eigenvalue weighted by molar-refractivity contribution is 0.0872. The zero-order valence-electron chi connectivity index (χ0n) is 20.4. The summed E-state index contributed by atoms with van der Waals surface area (Å²) in [7, 11) is 1.67. The fourth-order valence-corrected chi connectivity index (χ4v) is 6.88. The Kier molecular flexibility index (Phi) is 4.65. The lowest BCUT2D eigenvalue weighted by atomic mass is 9.83. The number of hydrogen-bond acceptors (Lipinski definition) is 4. The van der Waals surface area contributed by atoms with Crippen molar-refractivity contribution in [3.8, 4) is 17.1 Å². The third kappa shape index (κ3) is 3.19. The maximum absolute atomic E-state index is 13.6. The number of benzene rings is 1. The highest BCUT2D eigenvalue weighted by Gasteiger charge is 2.49. The van der Waals surface area contributed by atoms with E-state index >= 15 is 0 Å². The van der Waals surface area contributed by atoms with Gasteiger partial charge in [-0.05, 0) is 75.0 Å². The summed E-state index contributed by atoms with van der Waals surface area (Å²) < 4.78 is 10.1. The Morgan fingerprint density at radius 2 is 2.00 bits per heavy atom. The van der Waals surface area contributed by atoms with Crippen LogP contribution in [-0.4, -0.2) is 33.1 Å². The summed E-state index contributed by atoms with van der Waals surface area (Å²) in [6.45, 7) is 3.12. The van der Waals surface area contributed by atoms with E-state index in [0.717, 1.165) is 54.2 Å². The molecule has 7 rings (SSSR count). The van der Waals surface area contributed by atoms with E-state index in [0.29, 0.717) is 23.1 Å². The molecule has 6 heteroatoms. The molecule has 3 aliphatic carbocycles. The van der Waals surface area contributed by atoms with E-state index in [-0.39, 0.29) is 17.7 Å². The fourth-order valence-electron chi connectivity index (χ4n) is 6.88. The van der Waals surface area contributed by atoms with E-state index in [1.54, 1.807) is 7.11 Å². The summed E-state index contributed by atoms with van der Waals surface area (Å²) >= 11 is 0. The molecule has 3 heterocycles. The minimum atomic E-state index is 0.0168. The molecule has 1 aromatic carbocycles. The van der Waals surface area contributed by atoms with Crippen LogP contribution < -0.4 is 10.5 Å². The second-order valence-electron chi connectivity index (χ2n) is 11.0. The van der Waals surface area contributed by atoms with Crippen molar-refractivity contribution in [3.63, 3.8) is 0 Å². The van der Waals surface area contributed by atoms with Crippen molar-refractivity contribution in [2.45, 2.75) is 51.6 Å². The molecule has 35 heavy (non-hydrogen) atoms. The largest absolute Gasteiger partial charge is 0.494 e. The van der Waals surface area contributed by atoms with Gasteiger partial charge >= 0.3 is 0 Å². The number of ether oxygens (including phenoxy) is 1. The minimum Gasteiger partial charge on any atom is -0.494 e. The van der Waals surface area contributed by atoms with Gasteiger partial charge in [0.05, 0.1) is 12.8 Å². The lowest BCUT2D eigenvalue weighted by Gasteiger charge is -2.20. The van der Waals surface area contributed by atoms with Crippen LogP contribution in [0.4, 0.5) is 0 Å². The van der Waals surface area contributed by atoms with Gasteiger partial charge in [-0.25, -0.2) is 4.52 Å². The quantitative estimate of drug-likeness (QED) is 0.393. The molecule has 3 unspecified atom stereocenters. The van der Waals surface area contributed by atoms with Gasteiger partial charge in [0.2, 0.25) is 0 Å². The van der Waals surface area contributed by atoms with E-state index in [2.05, 4.69) is 41.8 Å². The van der Waals surface area contributed by atoms with Crippen molar-refractivity contribution in [2.24, 2.45) is 29.4 Å². The van der Waals surface area contributed by atoms with Crippen LogP contribution >= 0.6 is 0 Å². The molecule has 3 aromatic heterocycles. The van der Waals surface area contributed by atoms with Crippen molar-refractivity contribution in [3.05, 3.63) is 53.7 Å². The summed E-state index contributed by atoms with van der Waals surface area (Å²) in [6.07, 6.45) is 7.63. The van der Waals surface area contributed by atoms with Gasteiger partial charge in [-0.1, -0.05) is 18.2 Å². The Morgan fingerprint density at radius 3 is 2.71 bits per heavy atom. The topological polar surface area (TPSA) is 74.6 Å². The number of carbonyl (C=O) groups excluding carboxylic acids is 1. The molecule has 180 valence electrons. The number of nitrogens with two attached hydrogens (primary N) is 1. The molecule has 0 saturated heterocycles. The van der Waals surface area contributed by atoms with E-state index < -0.39 is 0 Å². The first-order valence-corrected chi connectivity index (χ1v) is 13.0. The van der Waals surface area contributed by atoms with Crippen LogP contribution in [0.2, 0.25) is 0 Å². The number of hydrogen-bond donors (Lipinski definition) is 1. The number of methoxy groups -OCH3 is 1. The Hall–Kier alpha value is -3.12. The van der Waals surface area contributed by atoms with Crippen molar-refractivity contribution in [2.75, 3.05) is 7.11 Å². The number of rotatable bonds is 6. The molecule has 4 aromatic rings. The van der Waals surface area contributed by atoms with E-state index in [1.807, 2.05) is 16.8 Å². The predicted molar refractivity (Wildman–Crippen MR) is 137 cm³/mol. The number of nitrogens with zero attached hydrogens (tertiary/aromatic N) is 3. The van der Waals surface area contributed by atoms with Crippen LogP contribution in [0.5, 0.6) is 5.75 Å². The van der Waals surface area contributed by atoms with E-state index in [4.69, 9.17) is 15.6 Å². The smallest absolute Gasteiger partial charge is 0.167 e. The molecule has 3 aliphatic rings. The Balaban J connectivity index is 1.35. The highest BCUT2D eigenvalue weighted by molar-refractivity contribution is 5.99. The number of Topliss-reactive ketones (excluding diaryl/α,β-unsaturated/α-hetero) is 1. The molecular weight excluding hydrogens is 436 g/mol. The standard InChI is InChI=1S/C29H32N4O2/c1-16-27(24-12-18-5-3-4-6-23(18)32(24)14-17-7-8-17)31-33-15-20(13-25(35-2)28(16)33)29(34)22-11-19-9-10-21(22)26(19)30/h3-6,12-13,15,17,19,21-22,26H,7-11,14,30H2,1-2H3/t19?,21?,22?,26-/m1/s1. The highest BCUT2D eigenvalue weighted by Crippen LogP contribution is 2.49. The predicted octanol–water partition coefficient (Wildman–Crippen LogP) is 5.24. The second-order valence-corrected chi connectivity index (χ2v) is 11.0. The van der Waals surface area contributed by atoms with Crippen LogP contribution in [0.1, 0.15) is 48.0 Å². The van der Waals surface area contributed by atoms with Crippen LogP contribution in [0, 0.1) is 30.6 Å². The minimum absolute atomic E-state index is 0.0168. The SMILES string of the molecule is COc1cc(C(=O)C2CC3CCC2[C@@H]3N)cn2nc(-c3cc4ccccc4n3CC3CC3)c(C)c12. The normalized spacial score (nSPS) is 25.7. The summed E-state index contributed by atoms with van der Waals surface area (Å²) in [5.74, 6) is 2.44. The molecule has 3 fully saturated rings. The number of fused-ring (bicyclic) bond motifs is 4. The number of aryl methyl sites for hydroxylation is 1. The molecule has 6 nitrogen and oxygen atoms in total. The van der Waals surface area contributed by atoms with Gasteiger partial charge in [-0.3, -0.25) is 4.79 Å². The first-order chi connectivity index (χ1) is 17.0. The van der Waals surface area contributed by atoms with Gasteiger partial charge in [0, 0.05) is 46.7 Å². The molecule has 4 atom stereocenters. The molecule has 0 aliphatic heterocycles. The molecule has 0 radical (unpaired) electrons. The number of pyridine rings is 1. The van der Waals surface area contributed by atoms with E-state index in [1.165, 1.54) is 23.7 Å². The lowest BCUT2D eigenvalue weighted by Crippen LogP contribution is -2.29. The molecule has 2 N–H and O–H groups in total. The second kappa shape index (κ2) is 7.69. The Morgan fingerprint density at radius 1 is 1.17 bits per heavy atom. The Bertz CT molecular complexity index is 1480. The van der Waals surface area contributed by atoms with Crippen LogP contribution in [-0.2, 0) is 6.54 Å². The average molecular weight is 469 g/mol. The summed E-state index contributed by atoms with van der Waals surface area (Å²) in [5.41, 5.74) is 12.4.